The molecule has 0 aromatic heterocycles. The second kappa shape index (κ2) is 6.02. The van der Waals surface area contributed by atoms with Crippen molar-refractivity contribution in [1.82, 2.24) is 5.32 Å². The Morgan fingerprint density at radius 2 is 2.14 bits per heavy atom. The molecule has 3 rings (SSSR count). The molecule has 0 radical (unpaired) electrons. The van der Waals surface area contributed by atoms with Crippen LogP contribution in [0.3, 0.4) is 0 Å². The maximum atomic E-state index is 13.4. The molecule has 3 atom stereocenters. The smallest absolute Gasteiger partial charge is 0.338 e. The number of halogens is 1. The molecule has 5 heteroatoms. The molecule has 1 heterocycles. The molecule has 2 aliphatic rings. The van der Waals surface area contributed by atoms with Gasteiger partial charge in [-0.05, 0) is 56.3 Å². The maximum absolute atomic E-state index is 13.4. The number of hydrogen-bond acceptors (Lipinski definition) is 3. The standard InChI is InChI=1S/C16H21FN2O2/c17-13-7-6-10(9-12(13)16(20)21)19-15-4-1-3-11(15)14-5-2-8-18-14/h6-7,9,11,14-15,18-19H,1-5,8H2,(H,20,21). The van der Waals surface area contributed by atoms with Gasteiger partial charge in [0.1, 0.15) is 5.82 Å². The Morgan fingerprint density at radius 3 is 2.86 bits per heavy atom. The molecule has 0 spiro atoms. The Balaban J connectivity index is 1.73. The highest BCUT2D eigenvalue weighted by Gasteiger charge is 2.34. The topological polar surface area (TPSA) is 61.4 Å². The Labute approximate surface area is 123 Å². The lowest BCUT2D eigenvalue weighted by molar-refractivity contribution is 0.0692. The molecule has 3 unspecified atom stereocenters. The van der Waals surface area contributed by atoms with Crippen LogP contribution in [0.4, 0.5) is 10.1 Å². The zero-order valence-corrected chi connectivity index (χ0v) is 11.9. The van der Waals surface area contributed by atoms with E-state index in [0.29, 0.717) is 23.7 Å². The van der Waals surface area contributed by atoms with Gasteiger partial charge in [-0.1, -0.05) is 6.42 Å². The zero-order valence-electron chi connectivity index (χ0n) is 11.9. The van der Waals surface area contributed by atoms with E-state index in [1.54, 1.807) is 6.07 Å². The molecule has 21 heavy (non-hydrogen) atoms. The monoisotopic (exact) mass is 292 g/mol. The average Bonchev–Trinajstić information content (AvgIpc) is 3.11. The van der Waals surface area contributed by atoms with Gasteiger partial charge in [0.15, 0.2) is 0 Å². The van der Waals surface area contributed by atoms with Gasteiger partial charge in [0.2, 0.25) is 0 Å². The lowest BCUT2D eigenvalue weighted by Crippen LogP contribution is -2.38. The van der Waals surface area contributed by atoms with Gasteiger partial charge >= 0.3 is 5.97 Å². The van der Waals surface area contributed by atoms with Crippen LogP contribution in [-0.4, -0.2) is 29.7 Å². The van der Waals surface area contributed by atoms with Gasteiger partial charge in [-0.25, -0.2) is 9.18 Å². The normalized spacial score (nSPS) is 28.7. The number of carboxylic acid groups (broad SMARTS) is 1. The lowest BCUT2D eigenvalue weighted by Gasteiger charge is -2.27. The molecule has 4 nitrogen and oxygen atoms in total. The molecule has 1 aromatic rings. The van der Waals surface area contributed by atoms with Crippen LogP contribution in [0.25, 0.3) is 0 Å². The van der Waals surface area contributed by atoms with E-state index in [4.69, 9.17) is 5.11 Å². The van der Waals surface area contributed by atoms with Crippen LogP contribution in [0, 0.1) is 11.7 Å². The summed E-state index contributed by atoms with van der Waals surface area (Å²) in [6.07, 6.45) is 5.92. The summed E-state index contributed by atoms with van der Waals surface area (Å²) in [6.45, 7) is 1.09. The highest BCUT2D eigenvalue weighted by atomic mass is 19.1. The van der Waals surface area contributed by atoms with Crippen LogP contribution < -0.4 is 10.6 Å². The van der Waals surface area contributed by atoms with Crippen LogP contribution in [0.5, 0.6) is 0 Å². The maximum Gasteiger partial charge on any atom is 0.338 e. The third-order valence-corrected chi connectivity index (χ3v) is 4.73. The summed E-state index contributed by atoms with van der Waals surface area (Å²) in [6, 6.07) is 5.15. The minimum atomic E-state index is -1.23. The summed E-state index contributed by atoms with van der Waals surface area (Å²) in [5.41, 5.74) is 0.428. The summed E-state index contributed by atoms with van der Waals surface area (Å²) >= 11 is 0. The fraction of sp³-hybridized carbons (Fsp3) is 0.562. The molecule has 1 aliphatic carbocycles. The third-order valence-electron chi connectivity index (χ3n) is 4.73. The molecular weight excluding hydrogens is 271 g/mol. The summed E-state index contributed by atoms with van der Waals surface area (Å²) < 4.78 is 13.4. The second-order valence-corrected chi connectivity index (χ2v) is 6.05. The number of anilines is 1. The van der Waals surface area contributed by atoms with E-state index in [2.05, 4.69) is 10.6 Å². The molecule has 2 fully saturated rings. The SMILES string of the molecule is O=C(O)c1cc(NC2CCCC2C2CCCN2)ccc1F. The largest absolute Gasteiger partial charge is 0.478 e. The van der Waals surface area contributed by atoms with Crippen LogP contribution >= 0.6 is 0 Å². The highest BCUT2D eigenvalue weighted by Crippen LogP contribution is 2.34. The Bertz CT molecular complexity index is 529. The molecule has 3 N–H and O–H groups in total. The highest BCUT2D eigenvalue weighted by molar-refractivity contribution is 5.89. The first kappa shape index (κ1) is 14.3. The van der Waals surface area contributed by atoms with Gasteiger partial charge in [0.05, 0.1) is 5.56 Å². The molecule has 114 valence electrons. The summed E-state index contributed by atoms with van der Waals surface area (Å²) in [4.78, 5) is 11.0. The van der Waals surface area contributed by atoms with Crippen LogP contribution in [-0.2, 0) is 0 Å². The van der Waals surface area contributed by atoms with Gasteiger partial charge < -0.3 is 15.7 Å². The van der Waals surface area contributed by atoms with Crippen molar-refractivity contribution >= 4 is 11.7 Å². The third kappa shape index (κ3) is 3.02. The fourth-order valence-corrected chi connectivity index (χ4v) is 3.72. The molecule has 1 saturated heterocycles. The minimum absolute atomic E-state index is 0.270. The first-order chi connectivity index (χ1) is 10.1. The first-order valence-electron chi connectivity index (χ1n) is 7.68. The summed E-state index contributed by atoms with van der Waals surface area (Å²) in [5.74, 6) is -1.34. The molecule has 1 saturated carbocycles. The van der Waals surface area contributed by atoms with Crippen molar-refractivity contribution in [1.29, 1.82) is 0 Å². The number of carbonyl (C=O) groups is 1. The molecule has 0 bridgehead atoms. The number of carboxylic acids is 1. The quantitative estimate of drug-likeness (QED) is 0.798. The van der Waals surface area contributed by atoms with Crippen molar-refractivity contribution in [2.45, 2.75) is 44.2 Å². The predicted molar refractivity (Wildman–Crippen MR) is 79.1 cm³/mol. The van der Waals surface area contributed by atoms with Crippen molar-refractivity contribution in [3.8, 4) is 0 Å². The van der Waals surface area contributed by atoms with E-state index in [-0.39, 0.29) is 5.56 Å². The van der Waals surface area contributed by atoms with E-state index in [1.807, 2.05) is 0 Å². The first-order valence-corrected chi connectivity index (χ1v) is 7.68. The van der Waals surface area contributed by atoms with Gasteiger partial charge in [0.25, 0.3) is 0 Å². The van der Waals surface area contributed by atoms with E-state index in [1.165, 1.54) is 37.8 Å². The van der Waals surface area contributed by atoms with Gasteiger partial charge in [-0.2, -0.15) is 0 Å². The molecule has 1 aromatic carbocycles. The number of benzene rings is 1. The average molecular weight is 292 g/mol. The molecule has 1 aliphatic heterocycles. The zero-order chi connectivity index (χ0) is 14.8. The van der Waals surface area contributed by atoms with Crippen molar-refractivity contribution in [3.05, 3.63) is 29.6 Å². The Hall–Kier alpha value is -1.62. The molecular formula is C16H21FN2O2. The van der Waals surface area contributed by atoms with Crippen LogP contribution in [0.1, 0.15) is 42.5 Å². The summed E-state index contributed by atoms with van der Waals surface area (Å²) in [7, 11) is 0. The Kier molecular flexibility index (Phi) is 4.10. The van der Waals surface area contributed by atoms with E-state index >= 15 is 0 Å². The fourth-order valence-electron chi connectivity index (χ4n) is 3.72. The van der Waals surface area contributed by atoms with Gasteiger partial charge in [0, 0.05) is 17.8 Å². The Morgan fingerprint density at radius 1 is 1.29 bits per heavy atom. The van der Waals surface area contributed by atoms with E-state index in [9.17, 15) is 9.18 Å². The van der Waals surface area contributed by atoms with Crippen molar-refractivity contribution in [3.63, 3.8) is 0 Å². The number of hydrogen-bond donors (Lipinski definition) is 3. The molecule has 0 amide bonds. The lowest BCUT2D eigenvalue weighted by atomic mass is 9.93. The second-order valence-electron chi connectivity index (χ2n) is 6.05. The van der Waals surface area contributed by atoms with E-state index < -0.39 is 11.8 Å². The van der Waals surface area contributed by atoms with Crippen molar-refractivity contribution < 1.29 is 14.3 Å². The van der Waals surface area contributed by atoms with Crippen molar-refractivity contribution in [2.75, 3.05) is 11.9 Å². The number of nitrogens with one attached hydrogen (secondary N) is 2. The van der Waals surface area contributed by atoms with Crippen LogP contribution in [0.15, 0.2) is 18.2 Å². The minimum Gasteiger partial charge on any atom is -0.478 e. The van der Waals surface area contributed by atoms with Gasteiger partial charge in [-0.3, -0.25) is 0 Å². The van der Waals surface area contributed by atoms with Gasteiger partial charge in [-0.15, -0.1) is 0 Å². The number of aromatic carboxylic acids is 1. The number of rotatable bonds is 4. The van der Waals surface area contributed by atoms with Crippen LogP contribution in [0.2, 0.25) is 0 Å². The predicted octanol–water partition coefficient (Wildman–Crippen LogP) is 2.86. The van der Waals surface area contributed by atoms with E-state index in [0.717, 1.165) is 13.0 Å². The van der Waals surface area contributed by atoms with Crippen molar-refractivity contribution in [2.24, 2.45) is 5.92 Å². The summed E-state index contributed by atoms with van der Waals surface area (Å²) in [5, 5.41) is 16.0.